The highest BCUT2D eigenvalue weighted by molar-refractivity contribution is 5.69. The molecule has 1 aliphatic rings. The monoisotopic (exact) mass is 406 g/mol. The molecule has 0 aromatic heterocycles. The Bertz CT molecular complexity index is 531. The first-order valence-corrected chi connectivity index (χ1v) is 11.5. The number of rotatable bonds is 15. The molecule has 0 saturated carbocycles. The molecule has 29 heavy (non-hydrogen) atoms. The first-order valence-electron chi connectivity index (χ1n) is 11.5. The lowest BCUT2D eigenvalue weighted by Gasteiger charge is -2.27. The van der Waals surface area contributed by atoms with Crippen LogP contribution in [-0.4, -0.2) is 51.5 Å². The topological polar surface area (TPSA) is 49.2 Å². The van der Waals surface area contributed by atoms with Gasteiger partial charge in [0.2, 0.25) is 0 Å². The van der Waals surface area contributed by atoms with Gasteiger partial charge in [-0.3, -0.25) is 4.79 Å². The maximum atomic E-state index is 12.4. The predicted octanol–water partition coefficient (Wildman–Crippen LogP) is 3.17. The Hall–Kier alpha value is -1.43. The number of hydrogen-bond acceptors (Lipinski definition) is 4. The summed E-state index contributed by atoms with van der Waals surface area (Å²) in [7, 11) is 0. The number of esters is 1. The number of unbranched alkanes of at least 4 members (excludes halogenated alkanes) is 6. The van der Waals surface area contributed by atoms with Crippen molar-refractivity contribution >= 4 is 5.97 Å². The largest absolute Gasteiger partial charge is 0.454 e. The van der Waals surface area contributed by atoms with E-state index in [2.05, 4.69) is 19.1 Å². The van der Waals surface area contributed by atoms with Crippen molar-refractivity contribution < 1.29 is 23.9 Å². The molecule has 5 heteroatoms. The fourth-order valence-electron chi connectivity index (χ4n) is 3.67. The van der Waals surface area contributed by atoms with Crippen LogP contribution in [0.3, 0.4) is 0 Å². The van der Waals surface area contributed by atoms with E-state index in [4.69, 9.17) is 14.2 Å². The van der Waals surface area contributed by atoms with Crippen LogP contribution in [0.5, 0.6) is 0 Å². The van der Waals surface area contributed by atoms with Crippen molar-refractivity contribution in [3.8, 4) is 0 Å². The zero-order valence-electron chi connectivity index (χ0n) is 18.2. The number of nitrogens with one attached hydrogen (secondary N) is 1. The van der Waals surface area contributed by atoms with Crippen LogP contribution in [0.1, 0.15) is 63.9 Å². The molecule has 1 unspecified atom stereocenters. The molecule has 0 amide bonds. The molecule has 164 valence electrons. The van der Waals surface area contributed by atoms with Crippen molar-refractivity contribution in [2.45, 2.75) is 71.0 Å². The van der Waals surface area contributed by atoms with Crippen molar-refractivity contribution in [3.63, 3.8) is 0 Å². The number of benzene rings is 1. The lowest BCUT2D eigenvalue weighted by Crippen LogP contribution is -3.15. The van der Waals surface area contributed by atoms with Gasteiger partial charge in [-0.05, 0) is 12.0 Å². The van der Waals surface area contributed by atoms with Gasteiger partial charge in [0, 0.05) is 6.42 Å². The fraction of sp³-hybridized carbons (Fsp3) is 0.708. The Morgan fingerprint density at radius 1 is 1.03 bits per heavy atom. The van der Waals surface area contributed by atoms with Gasteiger partial charge < -0.3 is 19.1 Å². The van der Waals surface area contributed by atoms with E-state index in [0.717, 1.165) is 51.3 Å². The number of ether oxygens (including phenoxy) is 3. The molecule has 1 atom stereocenters. The van der Waals surface area contributed by atoms with Crippen LogP contribution in [0.2, 0.25) is 0 Å². The summed E-state index contributed by atoms with van der Waals surface area (Å²) in [6.07, 6.45) is 8.75. The minimum Gasteiger partial charge on any atom is -0.454 e. The summed E-state index contributed by atoms with van der Waals surface area (Å²) >= 11 is 0. The van der Waals surface area contributed by atoms with Gasteiger partial charge >= 0.3 is 5.97 Å². The molecule has 0 radical (unpaired) electrons. The summed E-state index contributed by atoms with van der Waals surface area (Å²) in [5.74, 6) is -0.0838. The minimum absolute atomic E-state index is 0.0838. The van der Waals surface area contributed by atoms with E-state index in [0.29, 0.717) is 19.6 Å². The average Bonchev–Trinajstić information content (AvgIpc) is 2.74. The molecule has 1 heterocycles. The lowest BCUT2D eigenvalue weighted by atomic mass is 10.1. The molecule has 1 saturated heterocycles. The van der Waals surface area contributed by atoms with E-state index >= 15 is 0 Å². The molecule has 2 rings (SSSR count). The first-order chi connectivity index (χ1) is 14.3. The Labute approximate surface area is 176 Å². The standard InChI is InChI=1S/C24H39NO4/c1-2-3-4-5-6-7-11-14-24(26)29-23(19-25-15-17-27-18-16-25)21-28-20-22-12-9-8-10-13-22/h8-10,12-13,23H,2-7,11,14-21H2,1H3/p+1. The maximum Gasteiger partial charge on any atom is 0.306 e. The molecular formula is C24H40NO4+. The van der Waals surface area contributed by atoms with Crippen LogP contribution in [0.15, 0.2) is 30.3 Å². The Morgan fingerprint density at radius 3 is 2.45 bits per heavy atom. The van der Waals surface area contributed by atoms with Crippen molar-refractivity contribution in [1.82, 2.24) is 0 Å². The smallest absolute Gasteiger partial charge is 0.306 e. The van der Waals surface area contributed by atoms with Crippen LogP contribution < -0.4 is 4.90 Å². The van der Waals surface area contributed by atoms with Gasteiger partial charge in [0.25, 0.3) is 0 Å². The maximum absolute atomic E-state index is 12.4. The summed E-state index contributed by atoms with van der Waals surface area (Å²) in [4.78, 5) is 13.8. The van der Waals surface area contributed by atoms with E-state index in [9.17, 15) is 4.79 Å². The van der Waals surface area contributed by atoms with Crippen LogP contribution in [0.25, 0.3) is 0 Å². The summed E-state index contributed by atoms with van der Waals surface area (Å²) in [6, 6.07) is 10.1. The molecule has 1 aromatic carbocycles. The highest BCUT2D eigenvalue weighted by atomic mass is 16.6. The Kier molecular flexibility index (Phi) is 12.7. The van der Waals surface area contributed by atoms with Crippen LogP contribution in [-0.2, 0) is 25.6 Å². The predicted molar refractivity (Wildman–Crippen MR) is 115 cm³/mol. The molecule has 5 nitrogen and oxygen atoms in total. The third-order valence-corrected chi connectivity index (χ3v) is 5.41. The van der Waals surface area contributed by atoms with E-state index in [1.54, 1.807) is 0 Å². The number of carbonyl (C=O) groups is 1. The number of quaternary nitrogens is 1. The molecule has 1 N–H and O–H groups in total. The highest BCUT2D eigenvalue weighted by Gasteiger charge is 2.23. The second-order valence-electron chi connectivity index (χ2n) is 8.05. The van der Waals surface area contributed by atoms with Gasteiger partial charge in [-0.15, -0.1) is 0 Å². The zero-order valence-corrected chi connectivity index (χ0v) is 18.2. The number of morpholine rings is 1. The Morgan fingerprint density at radius 2 is 1.72 bits per heavy atom. The lowest BCUT2D eigenvalue weighted by molar-refractivity contribution is -0.910. The van der Waals surface area contributed by atoms with Crippen molar-refractivity contribution in [3.05, 3.63) is 35.9 Å². The zero-order chi connectivity index (χ0) is 20.6. The van der Waals surface area contributed by atoms with Gasteiger partial charge in [-0.2, -0.15) is 0 Å². The van der Waals surface area contributed by atoms with E-state index < -0.39 is 0 Å². The molecule has 0 bridgehead atoms. The summed E-state index contributed by atoms with van der Waals surface area (Å²) in [5, 5.41) is 0. The van der Waals surface area contributed by atoms with Crippen molar-refractivity contribution in [2.24, 2.45) is 0 Å². The summed E-state index contributed by atoms with van der Waals surface area (Å²) in [6.45, 7) is 7.50. The Balaban J connectivity index is 1.69. The number of carbonyl (C=O) groups excluding carboxylic acids is 1. The second-order valence-corrected chi connectivity index (χ2v) is 8.05. The SMILES string of the molecule is CCCCCCCCCC(=O)OC(COCc1ccccc1)C[NH+]1CCOCC1. The quantitative estimate of drug-likeness (QED) is 0.359. The van der Waals surface area contributed by atoms with Crippen LogP contribution >= 0.6 is 0 Å². The van der Waals surface area contributed by atoms with Gasteiger partial charge in [0.15, 0.2) is 6.10 Å². The molecule has 1 aromatic rings. The van der Waals surface area contributed by atoms with Gasteiger partial charge in [-0.25, -0.2) is 0 Å². The molecule has 1 aliphatic heterocycles. The first kappa shape index (κ1) is 23.8. The van der Waals surface area contributed by atoms with E-state index in [-0.39, 0.29) is 12.1 Å². The normalized spacial score (nSPS) is 15.9. The second kappa shape index (κ2) is 15.4. The van der Waals surface area contributed by atoms with Crippen LogP contribution in [0, 0.1) is 0 Å². The molecule has 0 spiro atoms. The summed E-state index contributed by atoms with van der Waals surface area (Å²) < 4.78 is 17.1. The third kappa shape index (κ3) is 11.4. The number of hydrogen-bond donors (Lipinski definition) is 1. The van der Waals surface area contributed by atoms with E-state index in [1.165, 1.54) is 37.0 Å². The van der Waals surface area contributed by atoms with Gasteiger partial charge in [-0.1, -0.05) is 75.8 Å². The van der Waals surface area contributed by atoms with E-state index in [1.807, 2.05) is 18.2 Å². The third-order valence-electron chi connectivity index (χ3n) is 5.41. The molecular weight excluding hydrogens is 366 g/mol. The molecule has 0 aliphatic carbocycles. The summed E-state index contributed by atoms with van der Waals surface area (Å²) in [5.41, 5.74) is 1.14. The van der Waals surface area contributed by atoms with Gasteiger partial charge in [0.05, 0.1) is 26.4 Å². The van der Waals surface area contributed by atoms with Crippen LogP contribution in [0.4, 0.5) is 0 Å². The average molecular weight is 407 g/mol. The minimum atomic E-state index is -0.191. The molecule has 1 fully saturated rings. The highest BCUT2D eigenvalue weighted by Crippen LogP contribution is 2.09. The van der Waals surface area contributed by atoms with Gasteiger partial charge in [0.1, 0.15) is 19.6 Å². The van der Waals surface area contributed by atoms with Crippen molar-refractivity contribution in [1.29, 1.82) is 0 Å². The fourth-order valence-corrected chi connectivity index (χ4v) is 3.67. The van der Waals surface area contributed by atoms with Crippen molar-refractivity contribution in [2.75, 3.05) is 39.5 Å².